The molecule has 0 aromatic heterocycles. The first-order valence-corrected chi connectivity index (χ1v) is 8.24. The van der Waals surface area contributed by atoms with Crippen molar-refractivity contribution in [3.05, 3.63) is 12.2 Å². The van der Waals surface area contributed by atoms with Crippen molar-refractivity contribution in [1.29, 1.82) is 0 Å². The first-order valence-electron chi connectivity index (χ1n) is 8.24. The number of esters is 1. The second-order valence-corrected chi connectivity index (χ2v) is 8.39. The van der Waals surface area contributed by atoms with Crippen LogP contribution in [0.15, 0.2) is 12.2 Å². The van der Waals surface area contributed by atoms with Crippen molar-refractivity contribution in [2.75, 3.05) is 14.2 Å². The molecular formula is C18H30N2O5. The predicted octanol–water partition coefficient (Wildman–Crippen LogP) is 2.56. The van der Waals surface area contributed by atoms with E-state index in [1.54, 1.807) is 27.8 Å². The molecule has 7 heteroatoms. The van der Waals surface area contributed by atoms with Crippen LogP contribution in [0, 0.1) is 5.41 Å². The Hall–Kier alpha value is -2.05. The minimum Gasteiger partial charge on any atom is -0.466 e. The van der Waals surface area contributed by atoms with Gasteiger partial charge in [0.05, 0.1) is 7.11 Å². The highest BCUT2D eigenvalue weighted by Gasteiger charge is 2.52. The minimum absolute atomic E-state index is 0.00166. The van der Waals surface area contributed by atoms with Crippen molar-refractivity contribution >= 4 is 18.0 Å². The Balaban J connectivity index is 3.26. The number of methoxy groups -OCH3 is 1. The lowest BCUT2D eigenvalue weighted by molar-refractivity contribution is -0.136. The quantitative estimate of drug-likeness (QED) is 0.575. The Kier molecular flexibility index (Phi) is 5.93. The molecule has 0 spiro atoms. The lowest BCUT2D eigenvalue weighted by Crippen LogP contribution is -2.52. The van der Waals surface area contributed by atoms with Crippen LogP contribution in [0.4, 0.5) is 4.79 Å². The molecule has 1 aliphatic rings. The van der Waals surface area contributed by atoms with Crippen LogP contribution in [-0.4, -0.2) is 59.7 Å². The van der Waals surface area contributed by atoms with Gasteiger partial charge in [0.15, 0.2) is 0 Å². The van der Waals surface area contributed by atoms with Crippen LogP contribution in [0.25, 0.3) is 0 Å². The molecule has 1 aliphatic heterocycles. The zero-order valence-corrected chi connectivity index (χ0v) is 16.5. The van der Waals surface area contributed by atoms with Gasteiger partial charge >= 0.3 is 12.1 Å². The summed E-state index contributed by atoms with van der Waals surface area (Å²) in [6, 6.07) is -0.851. The van der Waals surface area contributed by atoms with Crippen LogP contribution in [0.2, 0.25) is 0 Å². The van der Waals surface area contributed by atoms with Crippen LogP contribution >= 0.6 is 0 Å². The van der Waals surface area contributed by atoms with Gasteiger partial charge in [-0.3, -0.25) is 9.69 Å². The highest BCUT2D eigenvalue weighted by atomic mass is 16.6. The fraction of sp³-hybridized carbons (Fsp3) is 0.722. The summed E-state index contributed by atoms with van der Waals surface area (Å²) in [6.45, 7) is 14.8. The van der Waals surface area contributed by atoms with Crippen molar-refractivity contribution < 1.29 is 23.9 Å². The molecule has 0 unspecified atom stereocenters. The molecule has 0 bridgehead atoms. The van der Waals surface area contributed by atoms with Gasteiger partial charge in [-0.15, -0.1) is 0 Å². The van der Waals surface area contributed by atoms with Gasteiger partial charge in [-0.2, -0.15) is 0 Å². The number of likely N-dealkylation sites (N-methyl/N-ethyl adjacent to an activating group) is 1. The maximum Gasteiger partial charge on any atom is 0.412 e. The number of rotatable bonds is 3. The molecule has 0 aromatic rings. The van der Waals surface area contributed by atoms with E-state index in [1.165, 1.54) is 16.9 Å². The summed E-state index contributed by atoms with van der Waals surface area (Å²) in [7, 11) is 2.90. The smallest absolute Gasteiger partial charge is 0.412 e. The highest BCUT2D eigenvalue weighted by molar-refractivity contribution is 5.93. The lowest BCUT2D eigenvalue weighted by atomic mass is 9.91. The SMILES string of the molecule is C=C(C[C@H]1C(=O)N(C)[C@H](C(C)(C)C)N1C(=O)OC(C)(C)C)C(=O)OC. The molecule has 1 saturated heterocycles. The van der Waals surface area contributed by atoms with E-state index in [0.29, 0.717) is 0 Å². The summed E-state index contributed by atoms with van der Waals surface area (Å²) in [5, 5.41) is 0. The zero-order valence-electron chi connectivity index (χ0n) is 16.5. The number of ether oxygens (including phenoxy) is 2. The number of hydrogen-bond donors (Lipinski definition) is 0. The summed E-state index contributed by atoms with van der Waals surface area (Å²) in [4.78, 5) is 40.2. The van der Waals surface area contributed by atoms with Crippen LogP contribution in [0.5, 0.6) is 0 Å². The Morgan fingerprint density at radius 3 is 2.08 bits per heavy atom. The summed E-state index contributed by atoms with van der Waals surface area (Å²) in [5.41, 5.74) is -0.964. The maximum atomic E-state index is 12.8. The lowest BCUT2D eigenvalue weighted by Gasteiger charge is -2.39. The van der Waals surface area contributed by atoms with Gasteiger partial charge in [0.2, 0.25) is 5.91 Å². The molecule has 0 aromatic carbocycles. The molecule has 25 heavy (non-hydrogen) atoms. The first-order chi connectivity index (χ1) is 11.2. The molecule has 0 aliphatic carbocycles. The number of hydrogen-bond acceptors (Lipinski definition) is 5. The fourth-order valence-electron chi connectivity index (χ4n) is 3.02. The van der Waals surface area contributed by atoms with E-state index in [2.05, 4.69) is 11.3 Å². The Bertz CT molecular complexity index is 571. The van der Waals surface area contributed by atoms with Gasteiger partial charge in [-0.25, -0.2) is 9.59 Å². The summed E-state index contributed by atoms with van der Waals surface area (Å²) in [5.74, 6) is -0.852. The molecule has 2 amide bonds. The van der Waals surface area contributed by atoms with Crippen molar-refractivity contribution in [2.45, 2.75) is 65.8 Å². The molecule has 1 rings (SSSR count). The molecular weight excluding hydrogens is 324 g/mol. The maximum absolute atomic E-state index is 12.8. The van der Waals surface area contributed by atoms with Gasteiger partial charge in [-0.1, -0.05) is 27.4 Å². The Morgan fingerprint density at radius 2 is 1.68 bits per heavy atom. The Labute approximate surface area is 149 Å². The molecule has 0 radical (unpaired) electrons. The molecule has 0 saturated carbocycles. The van der Waals surface area contributed by atoms with E-state index >= 15 is 0 Å². The first kappa shape index (κ1) is 21.0. The van der Waals surface area contributed by atoms with E-state index in [-0.39, 0.29) is 17.9 Å². The van der Waals surface area contributed by atoms with Gasteiger partial charge in [0.25, 0.3) is 0 Å². The topological polar surface area (TPSA) is 76.2 Å². The van der Waals surface area contributed by atoms with Crippen LogP contribution in [-0.2, 0) is 19.1 Å². The molecule has 1 fully saturated rings. The summed E-state index contributed by atoms with van der Waals surface area (Å²) < 4.78 is 10.2. The molecule has 2 atom stereocenters. The largest absolute Gasteiger partial charge is 0.466 e. The monoisotopic (exact) mass is 354 g/mol. The second kappa shape index (κ2) is 7.06. The van der Waals surface area contributed by atoms with Gasteiger partial charge in [-0.05, 0) is 20.8 Å². The minimum atomic E-state index is -0.851. The average Bonchev–Trinajstić information content (AvgIpc) is 2.69. The van der Waals surface area contributed by atoms with Crippen molar-refractivity contribution in [2.24, 2.45) is 5.41 Å². The average molecular weight is 354 g/mol. The predicted molar refractivity (Wildman–Crippen MR) is 93.6 cm³/mol. The van der Waals surface area contributed by atoms with E-state index in [9.17, 15) is 14.4 Å². The summed E-state index contributed by atoms with van der Waals surface area (Å²) >= 11 is 0. The highest BCUT2D eigenvalue weighted by Crippen LogP contribution is 2.36. The third kappa shape index (κ3) is 4.74. The van der Waals surface area contributed by atoms with E-state index in [4.69, 9.17) is 4.74 Å². The number of amides is 2. The standard InChI is InChI=1S/C18H30N2O5/c1-11(14(22)24-9)10-12-13(21)19(8)15(17(2,3)4)20(12)16(23)25-18(5,6)7/h12,15H,1,10H2,2-9H3/t12-,15-/m0/s1. The third-order valence-electron chi connectivity index (χ3n) is 3.89. The summed E-state index contributed by atoms with van der Waals surface area (Å²) in [6.07, 6.45) is -1.08. The van der Waals surface area contributed by atoms with Gasteiger partial charge in [0.1, 0.15) is 17.8 Å². The van der Waals surface area contributed by atoms with E-state index in [1.807, 2.05) is 20.8 Å². The molecule has 1 heterocycles. The van der Waals surface area contributed by atoms with Gasteiger partial charge < -0.3 is 14.4 Å². The van der Waals surface area contributed by atoms with Crippen LogP contribution < -0.4 is 0 Å². The van der Waals surface area contributed by atoms with Gasteiger partial charge in [0, 0.05) is 24.5 Å². The van der Waals surface area contributed by atoms with Crippen molar-refractivity contribution in [3.8, 4) is 0 Å². The number of carbonyl (C=O) groups is 3. The Morgan fingerprint density at radius 1 is 1.16 bits per heavy atom. The van der Waals surface area contributed by atoms with Crippen LogP contribution in [0.3, 0.4) is 0 Å². The molecule has 7 nitrogen and oxygen atoms in total. The van der Waals surface area contributed by atoms with Crippen LogP contribution in [0.1, 0.15) is 48.0 Å². The molecule has 0 N–H and O–H groups in total. The third-order valence-corrected chi connectivity index (χ3v) is 3.89. The van der Waals surface area contributed by atoms with Crippen molar-refractivity contribution in [1.82, 2.24) is 9.80 Å². The number of carbonyl (C=O) groups excluding carboxylic acids is 3. The fourth-order valence-corrected chi connectivity index (χ4v) is 3.02. The van der Waals surface area contributed by atoms with E-state index < -0.39 is 35.3 Å². The number of nitrogens with zero attached hydrogens (tertiary/aromatic N) is 2. The zero-order chi connectivity index (χ0) is 19.7. The second-order valence-electron chi connectivity index (χ2n) is 8.39. The van der Waals surface area contributed by atoms with Crippen molar-refractivity contribution in [3.63, 3.8) is 0 Å². The normalized spacial score (nSPS) is 21.4. The molecule has 142 valence electrons. The van der Waals surface area contributed by atoms with E-state index in [0.717, 1.165) is 0 Å².